The minimum Gasteiger partial charge on any atom is -0.333 e. The molecule has 0 radical (unpaired) electrons. The fraction of sp³-hybridized carbons (Fsp3) is 0.400. The first kappa shape index (κ1) is 20.3. The van der Waals surface area contributed by atoms with Crippen molar-refractivity contribution in [3.63, 3.8) is 0 Å². The number of rotatable bonds is 6. The maximum atomic E-state index is 13.6. The van der Waals surface area contributed by atoms with Gasteiger partial charge in [0.05, 0.1) is 22.6 Å². The fourth-order valence-corrected chi connectivity index (χ4v) is 4.12. The second kappa shape index (κ2) is 8.05. The molecular formula is C25H29N3O2. The van der Waals surface area contributed by atoms with Crippen LogP contribution >= 0.6 is 0 Å². The van der Waals surface area contributed by atoms with Crippen LogP contribution in [0, 0.1) is 19.8 Å². The highest BCUT2D eigenvalue weighted by molar-refractivity contribution is 5.82. The van der Waals surface area contributed by atoms with Gasteiger partial charge < -0.3 is 4.90 Å². The van der Waals surface area contributed by atoms with Gasteiger partial charge in [-0.3, -0.25) is 14.2 Å². The lowest BCUT2D eigenvalue weighted by atomic mass is 10.1. The molecule has 1 saturated carbocycles. The summed E-state index contributed by atoms with van der Waals surface area (Å²) in [5.41, 5.74) is 3.67. The first-order valence-electron chi connectivity index (χ1n) is 10.9. The van der Waals surface area contributed by atoms with E-state index in [9.17, 15) is 9.59 Å². The largest absolute Gasteiger partial charge is 0.333 e. The van der Waals surface area contributed by atoms with Crippen LogP contribution in [0.15, 0.2) is 47.3 Å². The van der Waals surface area contributed by atoms with Crippen LogP contribution in [0.5, 0.6) is 0 Å². The summed E-state index contributed by atoms with van der Waals surface area (Å²) < 4.78 is 1.71. The summed E-state index contributed by atoms with van der Waals surface area (Å²) in [5, 5.41) is 0.589. The Hall–Kier alpha value is -2.95. The number of aryl methyl sites for hydroxylation is 2. The van der Waals surface area contributed by atoms with E-state index in [0.29, 0.717) is 29.7 Å². The van der Waals surface area contributed by atoms with E-state index in [1.165, 1.54) is 5.56 Å². The molecule has 5 heteroatoms. The van der Waals surface area contributed by atoms with E-state index >= 15 is 0 Å². The number of carbonyl (C=O) groups excluding carboxylic acids is 1. The summed E-state index contributed by atoms with van der Waals surface area (Å²) in [6.45, 7) is 8.76. The van der Waals surface area contributed by atoms with E-state index in [4.69, 9.17) is 4.98 Å². The first-order valence-corrected chi connectivity index (χ1v) is 10.9. The molecule has 1 amide bonds. The summed E-state index contributed by atoms with van der Waals surface area (Å²) >= 11 is 0. The van der Waals surface area contributed by atoms with Gasteiger partial charge in [-0.2, -0.15) is 0 Å². The lowest BCUT2D eigenvalue weighted by molar-refractivity contribution is -0.135. The highest BCUT2D eigenvalue weighted by atomic mass is 16.2. The van der Waals surface area contributed by atoms with Crippen LogP contribution in [0.4, 0.5) is 0 Å². The van der Waals surface area contributed by atoms with Crippen LogP contribution < -0.4 is 5.56 Å². The highest BCUT2D eigenvalue weighted by Gasteiger charge is 2.37. The van der Waals surface area contributed by atoms with Crippen molar-refractivity contribution >= 4 is 16.8 Å². The number of aromatic nitrogens is 2. The van der Waals surface area contributed by atoms with Crippen LogP contribution in [0.25, 0.3) is 16.6 Å². The van der Waals surface area contributed by atoms with E-state index in [-0.39, 0.29) is 23.4 Å². The van der Waals surface area contributed by atoms with Gasteiger partial charge in [-0.15, -0.1) is 0 Å². The van der Waals surface area contributed by atoms with Crippen molar-refractivity contribution in [3.8, 4) is 5.69 Å². The number of para-hydroxylation sites is 1. The Balaban J connectivity index is 1.97. The molecule has 0 aliphatic heterocycles. The van der Waals surface area contributed by atoms with Crippen LogP contribution in [0.3, 0.4) is 0 Å². The summed E-state index contributed by atoms with van der Waals surface area (Å²) in [4.78, 5) is 33.5. The molecular weight excluding hydrogens is 374 g/mol. The van der Waals surface area contributed by atoms with Crippen LogP contribution in [-0.2, 0) is 4.79 Å². The topological polar surface area (TPSA) is 55.2 Å². The Kier molecular flexibility index (Phi) is 5.46. The third-order valence-corrected chi connectivity index (χ3v) is 6.16. The molecule has 1 aromatic heterocycles. The van der Waals surface area contributed by atoms with Gasteiger partial charge in [-0.1, -0.05) is 25.1 Å². The van der Waals surface area contributed by atoms with Crippen molar-refractivity contribution < 1.29 is 4.79 Å². The van der Waals surface area contributed by atoms with Crippen molar-refractivity contribution in [2.45, 2.75) is 53.0 Å². The van der Waals surface area contributed by atoms with Gasteiger partial charge in [0.2, 0.25) is 5.91 Å². The molecule has 1 aliphatic carbocycles. The highest BCUT2D eigenvalue weighted by Crippen LogP contribution is 2.35. The predicted molar refractivity (Wildman–Crippen MR) is 120 cm³/mol. The lowest BCUT2D eigenvalue weighted by Crippen LogP contribution is -2.39. The monoisotopic (exact) mass is 403 g/mol. The minimum atomic E-state index is -0.248. The number of hydrogen-bond donors (Lipinski definition) is 0. The van der Waals surface area contributed by atoms with Gasteiger partial charge in [-0.05, 0) is 75.4 Å². The number of hydrogen-bond acceptors (Lipinski definition) is 3. The molecule has 3 aromatic rings. The van der Waals surface area contributed by atoms with Gasteiger partial charge >= 0.3 is 0 Å². The predicted octanol–water partition coefficient (Wildman–Crippen LogP) is 4.71. The van der Waals surface area contributed by atoms with Gasteiger partial charge in [0.15, 0.2) is 0 Å². The number of benzene rings is 2. The van der Waals surface area contributed by atoms with E-state index in [1.54, 1.807) is 4.57 Å². The summed E-state index contributed by atoms with van der Waals surface area (Å²) in [5.74, 6) is 0.944. The molecule has 0 spiro atoms. The normalized spacial score (nSPS) is 14.7. The lowest BCUT2D eigenvalue weighted by Gasteiger charge is -2.31. The molecule has 156 valence electrons. The van der Waals surface area contributed by atoms with Gasteiger partial charge in [-0.25, -0.2) is 4.98 Å². The quantitative estimate of drug-likeness (QED) is 0.599. The molecule has 0 N–H and O–H groups in total. The SMILES string of the molecule is CCC(c1nc2ccccc2c(=O)n1-c1ccc(C)c(C)c1)N(CC)C(=O)C1CC1. The molecule has 1 aliphatic rings. The zero-order valence-corrected chi connectivity index (χ0v) is 18.2. The third kappa shape index (κ3) is 3.53. The van der Waals surface area contributed by atoms with Crippen LogP contribution in [0.2, 0.25) is 0 Å². The van der Waals surface area contributed by atoms with Crippen molar-refractivity contribution in [1.29, 1.82) is 0 Å². The average molecular weight is 404 g/mol. The van der Waals surface area contributed by atoms with Gasteiger partial charge in [0, 0.05) is 12.5 Å². The van der Waals surface area contributed by atoms with Crippen molar-refractivity contribution in [2.24, 2.45) is 5.92 Å². The van der Waals surface area contributed by atoms with Crippen molar-refractivity contribution in [1.82, 2.24) is 14.5 Å². The van der Waals surface area contributed by atoms with E-state index in [1.807, 2.05) is 61.2 Å². The summed E-state index contributed by atoms with van der Waals surface area (Å²) in [7, 11) is 0. The molecule has 0 bridgehead atoms. The average Bonchev–Trinajstić information content (AvgIpc) is 3.59. The van der Waals surface area contributed by atoms with Gasteiger partial charge in [0.25, 0.3) is 5.56 Å². The smallest absolute Gasteiger partial charge is 0.266 e. The maximum Gasteiger partial charge on any atom is 0.266 e. The molecule has 1 atom stereocenters. The molecule has 1 unspecified atom stereocenters. The Morgan fingerprint density at radius 2 is 1.87 bits per heavy atom. The second-order valence-corrected chi connectivity index (χ2v) is 8.22. The standard InChI is InChI=1S/C25H29N3O2/c1-5-22(27(6-2)24(29)18-12-13-18)23-26-21-10-8-7-9-20(21)25(30)28(23)19-14-11-16(3)17(4)15-19/h7-11,14-15,18,22H,5-6,12-13H2,1-4H3. The maximum absolute atomic E-state index is 13.6. The third-order valence-electron chi connectivity index (χ3n) is 6.16. The molecule has 0 saturated heterocycles. The Morgan fingerprint density at radius 1 is 1.13 bits per heavy atom. The van der Waals surface area contributed by atoms with Crippen molar-refractivity contribution in [2.75, 3.05) is 6.54 Å². The molecule has 2 aromatic carbocycles. The second-order valence-electron chi connectivity index (χ2n) is 8.22. The van der Waals surface area contributed by atoms with E-state index in [0.717, 1.165) is 24.1 Å². The minimum absolute atomic E-state index is 0.0905. The Labute approximate surface area is 177 Å². The van der Waals surface area contributed by atoms with Crippen molar-refractivity contribution in [3.05, 3.63) is 69.8 Å². The Morgan fingerprint density at radius 3 is 2.50 bits per heavy atom. The molecule has 30 heavy (non-hydrogen) atoms. The number of amides is 1. The van der Waals surface area contributed by atoms with Crippen LogP contribution in [-0.4, -0.2) is 26.9 Å². The summed E-state index contributed by atoms with van der Waals surface area (Å²) in [6, 6.07) is 13.2. The van der Waals surface area contributed by atoms with Gasteiger partial charge in [0.1, 0.15) is 5.82 Å². The molecule has 4 rings (SSSR count). The number of nitrogens with zero attached hydrogens (tertiary/aromatic N) is 3. The first-order chi connectivity index (χ1) is 14.5. The molecule has 1 heterocycles. The van der Waals surface area contributed by atoms with E-state index in [2.05, 4.69) is 13.8 Å². The number of carbonyl (C=O) groups is 1. The zero-order valence-electron chi connectivity index (χ0n) is 18.2. The van der Waals surface area contributed by atoms with E-state index < -0.39 is 0 Å². The van der Waals surface area contributed by atoms with Crippen LogP contribution in [0.1, 0.15) is 56.1 Å². The molecule has 1 fully saturated rings. The fourth-order valence-electron chi connectivity index (χ4n) is 4.12. The zero-order chi connectivity index (χ0) is 21.4. The summed E-state index contributed by atoms with van der Waals surface area (Å²) in [6.07, 6.45) is 2.61. The molecule has 5 nitrogen and oxygen atoms in total. The number of fused-ring (bicyclic) bond motifs is 1. The Bertz CT molecular complexity index is 1160.